The number of amides is 3. The topological polar surface area (TPSA) is 57.7 Å². The molecule has 0 spiro atoms. The fourth-order valence-electron chi connectivity index (χ4n) is 4.37. The van der Waals surface area contributed by atoms with E-state index >= 15 is 0 Å². The number of carbonyl (C=O) groups is 3. The van der Waals surface area contributed by atoms with Gasteiger partial charge in [0.25, 0.3) is 17.7 Å². The molecule has 2 aliphatic rings. The Balaban J connectivity index is 1.59. The molecule has 3 aromatic carbocycles. The maximum atomic E-state index is 13.8. The van der Waals surface area contributed by atoms with E-state index in [9.17, 15) is 14.4 Å². The highest BCUT2D eigenvalue weighted by Crippen LogP contribution is 2.37. The predicted molar refractivity (Wildman–Crippen MR) is 114 cm³/mol. The molecule has 0 saturated heterocycles. The average molecular weight is 396 g/mol. The minimum atomic E-state index is -0.934. The lowest BCUT2D eigenvalue weighted by Crippen LogP contribution is -2.48. The second kappa shape index (κ2) is 6.95. The fourth-order valence-corrected chi connectivity index (χ4v) is 4.37. The Morgan fingerprint density at radius 3 is 1.67 bits per heavy atom. The highest BCUT2D eigenvalue weighted by Gasteiger charge is 2.42. The summed E-state index contributed by atoms with van der Waals surface area (Å²) in [5.41, 5.74) is 4.43. The van der Waals surface area contributed by atoms with Crippen LogP contribution in [-0.4, -0.2) is 28.7 Å². The summed E-state index contributed by atoms with van der Waals surface area (Å²) in [7, 11) is 0. The smallest absolute Gasteiger partial charge is 0.262 e. The first kappa shape index (κ1) is 18.3. The summed E-state index contributed by atoms with van der Waals surface area (Å²) in [5, 5.41) is 0. The van der Waals surface area contributed by atoms with Crippen molar-refractivity contribution in [2.75, 3.05) is 4.90 Å². The van der Waals surface area contributed by atoms with Gasteiger partial charge < -0.3 is 0 Å². The van der Waals surface area contributed by atoms with Gasteiger partial charge in [-0.25, -0.2) is 0 Å². The lowest BCUT2D eigenvalue weighted by molar-refractivity contribution is -0.121. The monoisotopic (exact) mass is 396 g/mol. The van der Waals surface area contributed by atoms with Crippen molar-refractivity contribution in [3.05, 3.63) is 95.1 Å². The van der Waals surface area contributed by atoms with Gasteiger partial charge in [0.05, 0.1) is 22.5 Å². The third-order valence-corrected chi connectivity index (χ3v) is 5.92. The van der Waals surface area contributed by atoms with E-state index in [4.69, 9.17) is 0 Å². The highest BCUT2D eigenvalue weighted by molar-refractivity contribution is 6.23. The largest absolute Gasteiger partial charge is 0.279 e. The van der Waals surface area contributed by atoms with Gasteiger partial charge in [0.1, 0.15) is 6.04 Å². The number of hydrogen-bond donors (Lipinski definition) is 0. The van der Waals surface area contributed by atoms with Gasteiger partial charge >= 0.3 is 0 Å². The van der Waals surface area contributed by atoms with Crippen LogP contribution in [0.3, 0.4) is 0 Å². The van der Waals surface area contributed by atoms with Crippen LogP contribution in [0.1, 0.15) is 38.8 Å². The Morgan fingerprint density at radius 2 is 1.17 bits per heavy atom. The number of para-hydroxylation sites is 2. The van der Waals surface area contributed by atoms with Crippen LogP contribution in [0.25, 0.3) is 0 Å². The summed E-state index contributed by atoms with van der Waals surface area (Å²) in [6.45, 7) is 1.63. The maximum Gasteiger partial charge on any atom is 0.262 e. The second-order valence-electron chi connectivity index (χ2n) is 7.63. The number of carbonyl (C=O) groups excluding carboxylic acids is 3. The second-order valence-corrected chi connectivity index (χ2v) is 7.63. The molecule has 1 atom stereocenters. The molecule has 0 bridgehead atoms. The number of anilines is 2. The maximum absolute atomic E-state index is 13.8. The van der Waals surface area contributed by atoms with E-state index < -0.39 is 17.9 Å². The zero-order valence-corrected chi connectivity index (χ0v) is 16.5. The van der Waals surface area contributed by atoms with Crippen LogP contribution in [0.15, 0.2) is 72.8 Å². The molecule has 0 saturated carbocycles. The average Bonchev–Trinajstić information content (AvgIpc) is 2.93. The Kier molecular flexibility index (Phi) is 4.24. The van der Waals surface area contributed by atoms with E-state index in [1.165, 1.54) is 0 Å². The van der Waals surface area contributed by atoms with Gasteiger partial charge in [0.2, 0.25) is 0 Å². The Bertz CT molecular complexity index is 1120. The van der Waals surface area contributed by atoms with Crippen LogP contribution >= 0.6 is 0 Å². The van der Waals surface area contributed by atoms with E-state index in [0.717, 1.165) is 40.2 Å². The standard InChI is InChI=1S/C25H20N2O3/c1-16(26-24(29)19-10-4-5-11-20(19)25(26)30)23(28)27-21-12-6-2-8-17(21)14-15-18-9-3-7-13-22(18)27/h2-13,16H,14-15H2,1H3/t16-/m1/s1. The van der Waals surface area contributed by atoms with E-state index in [-0.39, 0.29) is 5.91 Å². The van der Waals surface area contributed by atoms with Crippen molar-refractivity contribution < 1.29 is 14.4 Å². The summed E-state index contributed by atoms with van der Waals surface area (Å²) < 4.78 is 0. The molecule has 3 aromatic rings. The molecule has 148 valence electrons. The minimum Gasteiger partial charge on any atom is -0.279 e. The SMILES string of the molecule is C[C@H](C(=O)N1c2ccccc2CCc2ccccc21)N1C(=O)c2ccccc2C1=O. The van der Waals surface area contributed by atoms with Gasteiger partial charge in [-0.15, -0.1) is 0 Å². The Labute approximate surface area is 174 Å². The number of rotatable bonds is 2. The third-order valence-electron chi connectivity index (χ3n) is 5.92. The molecular formula is C25H20N2O3. The molecule has 0 aliphatic carbocycles. The van der Waals surface area contributed by atoms with Gasteiger partial charge in [-0.05, 0) is 55.2 Å². The zero-order chi connectivity index (χ0) is 20.8. The fraction of sp³-hybridized carbons (Fsp3) is 0.160. The van der Waals surface area contributed by atoms with Gasteiger partial charge in [-0.2, -0.15) is 0 Å². The lowest BCUT2D eigenvalue weighted by Gasteiger charge is -2.30. The number of imide groups is 1. The van der Waals surface area contributed by atoms with E-state index in [1.807, 2.05) is 48.5 Å². The van der Waals surface area contributed by atoms with Crippen LogP contribution in [0.5, 0.6) is 0 Å². The van der Waals surface area contributed by atoms with Crippen molar-refractivity contribution in [2.45, 2.75) is 25.8 Å². The molecule has 5 heteroatoms. The molecule has 30 heavy (non-hydrogen) atoms. The van der Waals surface area contributed by atoms with Crippen LogP contribution in [0, 0.1) is 0 Å². The Morgan fingerprint density at radius 1 is 0.733 bits per heavy atom. The van der Waals surface area contributed by atoms with Crippen molar-refractivity contribution in [3.8, 4) is 0 Å². The van der Waals surface area contributed by atoms with Crippen molar-refractivity contribution in [1.29, 1.82) is 0 Å². The van der Waals surface area contributed by atoms with E-state index in [2.05, 4.69) is 0 Å². The first-order chi connectivity index (χ1) is 14.6. The molecule has 0 N–H and O–H groups in total. The molecular weight excluding hydrogens is 376 g/mol. The van der Waals surface area contributed by atoms with Gasteiger partial charge in [0, 0.05) is 0 Å². The molecule has 0 aromatic heterocycles. The molecule has 3 amide bonds. The normalized spacial score (nSPS) is 15.9. The van der Waals surface area contributed by atoms with Gasteiger partial charge in [-0.3, -0.25) is 24.2 Å². The minimum absolute atomic E-state index is 0.300. The zero-order valence-electron chi connectivity index (χ0n) is 16.5. The van der Waals surface area contributed by atoms with Crippen LogP contribution in [0.2, 0.25) is 0 Å². The highest BCUT2D eigenvalue weighted by atomic mass is 16.2. The summed E-state index contributed by atoms with van der Waals surface area (Å²) >= 11 is 0. The molecule has 0 radical (unpaired) electrons. The summed E-state index contributed by atoms with van der Waals surface area (Å²) in [4.78, 5) is 42.4. The first-order valence-electron chi connectivity index (χ1n) is 10.0. The molecule has 5 nitrogen and oxygen atoms in total. The quantitative estimate of drug-likeness (QED) is 0.612. The number of aryl methyl sites for hydroxylation is 2. The van der Waals surface area contributed by atoms with Crippen molar-refractivity contribution in [3.63, 3.8) is 0 Å². The van der Waals surface area contributed by atoms with Crippen LogP contribution in [0.4, 0.5) is 11.4 Å². The Hall–Kier alpha value is -3.73. The number of hydrogen-bond acceptors (Lipinski definition) is 3. The third kappa shape index (κ3) is 2.66. The molecule has 0 unspecified atom stereocenters. The van der Waals surface area contributed by atoms with Crippen molar-refractivity contribution in [1.82, 2.24) is 4.90 Å². The summed E-state index contributed by atoms with van der Waals surface area (Å²) in [6.07, 6.45) is 1.64. The van der Waals surface area contributed by atoms with Gasteiger partial charge in [-0.1, -0.05) is 48.5 Å². The number of benzene rings is 3. The van der Waals surface area contributed by atoms with E-state index in [1.54, 1.807) is 36.1 Å². The number of fused-ring (bicyclic) bond motifs is 3. The van der Waals surface area contributed by atoms with Crippen LogP contribution in [-0.2, 0) is 17.6 Å². The van der Waals surface area contributed by atoms with Crippen molar-refractivity contribution in [2.24, 2.45) is 0 Å². The molecule has 0 fully saturated rings. The molecule has 2 heterocycles. The summed E-state index contributed by atoms with van der Waals surface area (Å²) in [5.74, 6) is -1.15. The van der Waals surface area contributed by atoms with Crippen molar-refractivity contribution >= 4 is 29.1 Å². The molecule has 5 rings (SSSR count). The van der Waals surface area contributed by atoms with Crippen LogP contribution < -0.4 is 4.90 Å². The lowest BCUT2D eigenvalue weighted by atomic mass is 10.0. The molecule has 2 aliphatic heterocycles. The predicted octanol–water partition coefficient (Wildman–Crippen LogP) is 4.13. The van der Waals surface area contributed by atoms with Gasteiger partial charge in [0.15, 0.2) is 0 Å². The summed E-state index contributed by atoms with van der Waals surface area (Å²) in [6, 6.07) is 21.4. The van der Waals surface area contributed by atoms with E-state index in [0.29, 0.717) is 11.1 Å². The first-order valence-corrected chi connectivity index (χ1v) is 10.0. The number of nitrogens with zero attached hydrogens (tertiary/aromatic N) is 2.